The van der Waals surface area contributed by atoms with Gasteiger partial charge in [-0.3, -0.25) is 10.1 Å². The molecule has 0 bridgehead atoms. The molecule has 2 heterocycles. The molecule has 0 radical (unpaired) electrons. The van der Waals surface area contributed by atoms with Crippen molar-refractivity contribution in [2.24, 2.45) is 7.05 Å². The number of halogens is 4. The zero-order valence-electron chi connectivity index (χ0n) is 15.8. The Labute approximate surface area is 174 Å². The van der Waals surface area contributed by atoms with Gasteiger partial charge in [-0.25, -0.2) is 13.1 Å². The first-order valence-corrected chi connectivity index (χ1v) is 10.5. The highest BCUT2D eigenvalue weighted by Gasteiger charge is 2.37. The van der Waals surface area contributed by atoms with E-state index in [0.717, 1.165) is 16.4 Å². The van der Waals surface area contributed by atoms with Crippen molar-refractivity contribution in [1.82, 2.24) is 14.1 Å². The maximum Gasteiger partial charge on any atom is 0.417 e. The second kappa shape index (κ2) is 7.71. The number of alkyl halides is 3. The Hall–Kier alpha value is -2.38. The Morgan fingerprint density at radius 3 is 2.33 bits per heavy atom. The lowest BCUT2D eigenvalue weighted by Gasteiger charge is -2.34. The number of hydrogen-bond acceptors (Lipinski definition) is 6. The third kappa shape index (κ3) is 3.96. The largest absolute Gasteiger partial charge is 0.417 e. The predicted octanol–water partition coefficient (Wildman–Crippen LogP) is 2.82. The number of nitro groups is 1. The SMILES string of the molecule is Cc1nn(C)c(N2CCN(S(=O)(=O)c3ccc(Cl)c(C(F)(F)F)c3)CC2)c1[N+](=O)[O-]. The van der Waals surface area contributed by atoms with Crippen LogP contribution in [-0.2, 0) is 23.2 Å². The number of rotatable bonds is 4. The van der Waals surface area contributed by atoms with Crippen molar-refractivity contribution in [3.8, 4) is 0 Å². The van der Waals surface area contributed by atoms with Crippen molar-refractivity contribution in [3.63, 3.8) is 0 Å². The fourth-order valence-electron chi connectivity index (χ4n) is 3.37. The molecule has 0 amide bonds. The van der Waals surface area contributed by atoms with Crippen LogP contribution in [0.1, 0.15) is 11.3 Å². The minimum Gasteiger partial charge on any atom is -0.348 e. The summed E-state index contributed by atoms with van der Waals surface area (Å²) in [6.45, 7) is 1.60. The fourth-order valence-corrected chi connectivity index (χ4v) is 5.05. The lowest BCUT2D eigenvalue weighted by atomic mass is 10.2. The molecule has 0 saturated carbocycles. The van der Waals surface area contributed by atoms with Gasteiger partial charge in [0.2, 0.25) is 15.8 Å². The summed E-state index contributed by atoms with van der Waals surface area (Å²) in [5, 5.41) is 14.8. The lowest BCUT2D eigenvalue weighted by molar-refractivity contribution is -0.384. The van der Waals surface area contributed by atoms with E-state index < -0.39 is 36.6 Å². The van der Waals surface area contributed by atoms with Gasteiger partial charge in [-0.1, -0.05) is 11.6 Å². The van der Waals surface area contributed by atoms with Gasteiger partial charge >= 0.3 is 11.9 Å². The molecule has 14 heteroatoms. The number of benzene rings is 1. The normalized spacial score (nSPS) is 16.1. The molecular formula is C16H17ClF3N5O4S. The van der Waals surface area contributed by atoms with E-state index in [1.165, 1.54) is 11.6 Å². The summed E-state index contributed by atoms with van der Waals surface area (Å²) in [6, 6.07) is 2.43. The van der Waals surface area contributed by atoms with E-state index in [2.05, 4.69) is 5.10 Å². The zero-order valence-corrected chi connectivity index (χ0v) is 17.4. The van der Waals surface area contributed by atoms with Crippen LogP contribution < -0.4 is 4.90 Å². The van der Waals surface area contributed by atoms with Crippen LogP contribution in [0.5, 0.6) is 0 Å². The molecule has 9 nitrogen and oxygen atoms in total. The number of aromatic nitrogens is 2. The van der Waals surface area contributed by atoms with Crippen molar-refractivity contribution in [2.75, 3.05) is 31.1 Å². The highest BCUT2D eigenvalue weighted by Crippen LogP contribution is 2.37. The minimum atomic E-state index is -4.79. The number of hydrogen-bond donors (Lipinski definition) is 0. The van der Waals surface area contributed by atoms with Gasteiger partial charge in [0.1, 0.15) is 5.69 Å². The van der Waals surface area contributed by atoms with E-state index in [-0.39, 0.29) is 43.4 Å². The second-order valence-electron chi connectivity index (χ2n) is 6.67. The van der Waals surface area contributed by atoms with Crippen LogP contribution in [0.25, 0.3) is 0 Å². The van der Waals surface area contributed by atoms with Gasteiger partial charge in [0.25, 0.3) is 0 Å². The van der Waals surface area contributed by atoms with Gasteiger partial charge in [0.15, 0.2) is 0 Å². The van der Waals surface area contributed by atoms with Crippen LogP contribution in [0.4, 0.5) is 24.7 Å². The van der Waals surface area contributed by atoms with Crippen LogP contribution in [0.3, 0.4) is 0 Å². The third-order valence-corrected chi connectivity index (χ3v) is 6.99. The average Bonchev–Trinajstić information content (AvgIpc) is 2.95. The van der Waals surface area contributed by atoms with Crippen molar-refractivity contribution in [2.45, 2.75) is 18.0 Å². The molecular weight excluding hydrogens is 451 g/mol. The topological polar surface area (TPSA) is 102 Å². The first kappa shape index (κ1) is 22.3. The summed E-state index contributed by atoms with van der Waals surface area (Å²) in [5.41, 5.74) is -1.17. The summed E-state index contributed by atoms with van der Waals surface area (Å²) < 4.78 is 67.3. The molecule has 30 heavy (non-hydrogen) atoms. The molecule has 1 aliphatic rings. The second-order valence-corrected chi connectivity index (χ2v) is 9.01. The Balaban J connectivity index is 1.84. The summed E-state index contributed by atoms with van der Waals surface area (Å²) in [4.78, 5) is 11.9. The van der Waals surface area contributed by atoms with Crippen molar-refractivity contribution in [1.29, 1.82) is 0 Å². The van der Waals surface area contributed by atoms with Crippen molar-refractivity contribution >= 4 is 33.1 Å². The van der Waals surface area contributed by atoms with Gasteiger partial charge in [0, 0.05) is 33.2 Å². The highest BCUT2D eigenvalue weighted by molar-refractivity contribution is 7.89. The molecule has 0 unspecified atom stereocenters. The van der Waals surface area contributed by atoms with Crippen LogP contribution in [0.2, 0.25) is 5.02 Å². The molecule has 1 aromatic heterocycles. The van der Waals surface area contributed by atoms with Gasteiger partial charge in [0.05, 0.1) is 20.4 Å². The molecule has 3 rings (SSSR count). The minimum absolute atomic E-state index is 0.0618. The molecule has 0 atom stereocenters. The third-order valence-electron chi connectivity index (χ3n) is 4.76. The maximum absolute atomic E-state index is 13.1. The Morgan fingerprint density at radius 1 is 1.20 bits per heavy atom. The van der Waals surface area contributed by atoms with E-state index in [4.69, 9.17) is 11.6 Å². The first-order chi connectivity index (χ1) is 13.8. The summed E-state index contributed by atoms with van der Waals surface area (Å²) in [5.74, 6) is 0.250. The van der Waals surface area contributed by atoms with E-state index in [9.17, 15) is 31.7 Å². The lowest BCUT2D eigenvalue weighted by Crippen LogP contribution is -2.49. The molecule has 1 aromatic carbocycles. The fraction of sp³-hybridized carbons (Fsp3) is 0.438. The standard InChI is InChI=1S/C16H17ClF3N5O4S/c1-10-14(25(26)27)15(22(2)21-10)23-5-7-24(8-6-23)30(28,29)11-3-4-13(17)12(9-11)16(18,19)20/h3-4,9H,5-8H2,1-2H3. The monoisotopic (exact) mass is 467 g/mol. The molecule has 0 N–H and O–H groups in total. The number of piperazine rings is 1. The van der Waals surface area contributed by atoms with Crippen molar-refractivity contribution < 1.29 is 26.5 Å². The van der Waals surface area contributed by atoms with Crippen LogP contribution in [0, 0.1) is 17.0 Å². The van der Waals surface area contributed by atoms with Crippen LogP contribution in [0.15, 0.2) is 23.1 Å². The highest BCUT2D eigenvalue weighted by atomic mass is 35.5. The maximum atomic E-state index is 13.1. The molecule has 0 spiro atoms. The number of nitrogens with zero attached hydrogens (tertiary/aromatic N) is 5. The Kier molecular flexibility index (Phi) is 5.73. The van der Waals surface area contributed by atoms with Crippen LogP contribution in [-0.4, -0.2) is 53.6 Å². The van der Waals surface area contributed by atoms with Gasteiger partial charge < -0.3 is 4.90 Å². The molecule has 164 valence electrons. The quantitative estimate of drug-likeness (QED) is 0.506. The Morgan fingerprint density at radius 2 is 1.80 bits per heavy atom. The van der Waals surface area contributed by atoms with Crippen molar-refractivity contribution in [3.05, 3.63) is 44.6 Å². The van der Waals surface area contributed by atoms with Gasteiger partial charge in [-0.15, -0.1) is 0 Å². The molecule has 1 saturated heterocycles. The predicted molar refractivity (Wildman–Crippen MR) is 102 cm³/mol. The van der Waals surface area contributed by atoms with Crippen LogP contribution >= 0.6 is 11.6 Å². The molecule has 1 fully saturated rings. The van der Waals surface area contributed by atoms with E-state index in [0.29, 0.717) is 6.07 Å². The average molecular weight is 468 g/mol. The Bertz CT molecular complexity index is 1100. The number of aryl methyl sites for hydroxylation is 2. The first-order valence-electron chi connectivity index (χ1n) is 8.64. The molecule has 2 aromatic rings. The number of sulfonamides is 1. The van der Waals surface area contributed by atoms with E-state index in [1.807, 2.05) is 0 Å². The van der Waals surface area contributed by atoms with Gasteiger partial charge in [-0.2, -0.15) is 22.6 Å². The molecule has 1 aliphatic heterocycles. The summed E-state index contributed by atoms with van der Waals surface area (Å²) in [6.07, 6.45) is -4.79. The van der Waals surface area contributed by atoms with E-state index in [1.54, 1.807) is 11.9 Å². The zero-order chi connectivity index (χ0) is 22.4. The smallest absolute Gasteiger partial charge is 0.348 e. The molecule has 0 aliphatic carbocycles. The van der Waals surface area contributed by atoms with Gasteiger partial charge in [-0.05, 0) is 25.1 Å². The van der Waals surface area contributed by atoms with E-state index >= 15 is 0 Å². The summed E-state index contributed by atoms with van der Waals surface area (Å²) in [7, 11) is -2.66. The number of anilines is 1. The summed E-state index contributed by atoms with van der Waals surface area (Å²) >= 11 is 5.56.